The minimum Gasteiger partial charge on any atom is -0.263 e. The van der Waals surface area contributed by atoms with Gasteiger partial charge in [0.2, 0.25) is 0 Å². The maximum absolute atomic E-state index is 4.17. The van der Waals surface area contributed by atoms with Crippen LogP contribution in [0.5, 0.6) is 0 Å². The molecule has 0 unspecified atom stereocenters. The van der Waals surface area contributed by atoms with Gasteiger partial charge in [0.05, 0.1) is 0 Å². The maximum atomic E-state index is 4.17. The van der Waals surface area contributed by atoms with Crippen molar-refractivity contribution in [2.75, 3.05) is 0 Å². The van der Waals surface area contributed by atoms with Crippen molar-refractivity contribution in [3.8, 4) is 0 Å². The molecule has 1 aromatic heterocycles. The normalized spacial score (nSPS) is 20.4. The minimum absolute atomic E-state index is 0.659. The first kappa shape index (κ1) is 6.83. The third kappa shape index (κ3) is 1.42. The van der Waals surface area contributed by atoms with Crippen LogP contribution >= 0.6 is 0 Å². The van der Waals surface area contributed by atoms with Crippen LogP contribution in [0.1, 0.15) is 43.8 Å². The van der Waals surface area contributed by atoms with E-state index in [4.69, 9.17) is 0 Å². The van der Waals surface area contributed by atoms with Gasteiger partial charge in [-0.3, -0.25) is 5.10 Å². The van der Waals surface area contributed by atoms with Gasteiger partial charge in [-0.1, -0.05) is 19.3 Å². The second-order valence-corrected chi connectivity index (χ2v) is 3.21. The van der Waals surface area contributed by atoms with E-state index in [-0.39, 0.29) is 0 Å². The molecule has 1 heterocycles. The Morgan fingerprint density at radius 3 is 2.73 bits per heavy atom. The molecular weight excluding hydrogens is 138 g/mol. The van der Waals surface area contributed by atoms with Crippen LogP contribution in [0.25, 0.3) is 0 Å². The Bertz CT molecular complexity index is 199. The lowest BCUT2D eigenvalue weighted by atomic mass is 9.89. The molecule has 1 aromatic rings. The zero-order valence-corrected chi connectivity index (χ0v) is 6.58. The highest BCUT2D eigenvalue weighted by atomic mass is 15.2. The summed E-state index contributed by atoms with van der Waals surface area (Å²) in [4.78, 5) is 4.17. The molecule has 0 bridgehead atoms. The molecule has 1 fully saturated rings. The average molecular weight is 151 g/mol. The summed E-state index contributed by atoms with van der Waals surface area (Å²) in [5.41, 5.74) is 0. The van der Waals surface area contributed by atoms with Crippen molar-refractivity contribution in [3.05, 3.63) is 12.2 Å². The maximum Gasteiger partial charge on any atom is 0.137 e. The highest BCUT2D eigenvalue weighted by Gasteiger charge is 2.17. The molecule has 0 amide bonds. The lowest BCUT2D eigenvalue weighted by molar-refractivity contribution is 0.429. The monoisotopic (exact) mass is 151 g/mol. The molecule has 11 heavy (non-hydrogen) atoms. The largest absolute Gasteiger partial charge is 0.263 e. The molecule has 2 rings (SSSR count). The number of nitrogens with zero attached hydrogens (tertiary/aromatic N) is 2. The van der Waals surface area contributed by atoms with Crippen molar-refractivity contribution in [2.45, 2.75) is 38.0 Å². The van der Waals surface area contributed by atoms with Gasteiger partial charge in [-0.25, -0.2) is 4.98 Å². The lowest BCUT2D eigenvalue weighted by Crippen LogP contribution is -2.05. The van der Waals surface area contributed by atoms with Crippen molar-refractivity contribution >= 4 is 0 Å². The predicted molar refractivity (Wildman–Crippen MR) is 42.2 cm³/mol. The summed E-state index contributed by atoms with van der Waals surface area (Å²) >= 11 is 0. The molecule has 0 radical (unpaired) electrons. The topological polar surface area (TPSA) is 41.6 Å². The van der Waals surface area contributed by atoms with Crippen LogP contribution in [0.15, 0.2) is 6.33 Å². The Morgan fingerprint density at radius 1 is 1.27 bits per heavy atom. The molecule has 0 aliphatic heterocycles. The number of hydrogen-bond acceptors (Lipinski definition) is 2. The van der Waals surface area contributed by atoms with E-state index in [2.05, 4.69) is 15.2 Å². The Balaban J connectivity index is 2.04. The van der Waals surface area contributed by atoms with E-state index in [1.165, 1.54) is 32.1 Å². The van der Waals surface area contributed by atoms with Gasteiger partial charge in [0, 0.05) is 5.92 Å². The van der Waals surface area contributed by atoms with E-state index in [1.807, 2.05) is 0 Å². The van der Waals surface area contributed by atoms with Crippen LogP contribution in [0.4, 0.5) is 0 Å². The van der Waals surface area contributed by atoms with Crippen molar-refractivity contribution in [1.82, 2.24) is 15.2 Å². The van der Waals surface area contributed by atoms with E-state index in [0.717, 1.165) is 5.82 Å². The Labute approximate surface area is 66.2 Å². The van der Waals surface area contributed by atoms with E-state index in [1.54, 1.807) is 6.33 Å². The fourth-order valence-corrected chi connectivity index (χ4v) is 1.79. The van der Waals surface area contributed by atoms with Crippen molar-refractivity contribution in [1.29, 1.82) is 0 Å². The summed E-state index contributed by atoms with van der Waals surface area (Å²) in [5.74, 6) is 1.75. The summed E-state index contributed by atoms with van der Waals surface area (Å²) in [6, 6.07) is 0. The van der Waals surface area contributed by atoms with Gasteiger partial charge in [0.15, 0.2) is 0 Å². The van der Waals surface area contributed by atoms with E-state index >= 15 is 0 Å². The number of hydrogen-bond donors (Lipinski definition) is 1. The molecule has 1 aliphatic carbocycles. The number of H-pyrrole nitrogens is 1. The summed E-state index contributed by atoms with van der Waals surface area (Å²) < 4.78 is 0. The number of rotatable bonds is 1. The number of aromatic amines is 1. The van der Waals surface area contributed by atoms with Crippen LogP contribution < -0.4 is 0 Å². The third-order valence-electron chi connectivity index (χ3n) is 2.43. The van der Waals surface area contributed by atoms with Gasteiger partial charge < -0.3 is 0 Å². The van der Waals surface area contributed by atoms with E-state index < -0.39 is 0 Å². The van der Waals surface area contributed by atoms with Gasteiger partial charge in [-0.15, -0.1) is 0 Å². The number of aromatic nitrogens is 3. The highest BCUT2D eigenvalue weighted by Crippen LogP contribution is 2.29. The standard InChI is InChI=1S/C8H13N3/c1-2-4-7(5-3-1)8-9-6-10-11-8/h6-7H,1-5H2,(H,9,10,11). The zero-order chi connectivity index (χ0) is 7.52. The van der Waals surface area contributed by atoms with Crippen molar-refractivity contribution in [2.24, 2.45) is 0 Å². The first-order valence-electron chi connectivity index (χ1n) is 4.32. The number of nitrogens with one attached hydrogen (secondary N) is 1. The van der Waals surface area contributed by atoms with Gasteiger partial charge in [-0.2, -0.15) is 5.10 Å². The second-order valence-electron chi connectivity index (χ2n) is 3.21. The quantitative estimate of drug-likeness (QED) is 0.665. The SMILES string of the molecule is c1n[nH]c(C2CCCCC2)n1. The van der Waals surface area contributed by atoms with Crippen LogP contribution in [0, 0.1) is 0 Å². The smallest absolute Gasteiger partial charge is 0.137 e. The first-order chi connectivity index (χ1) is 5.47. The molecule has 3 nitrogen and oxygen atoms in total. The predicted octanol–water partition coefficient (Wildman–Crippen LogP) is 1.85. The molecule has 0 spiro atoms. The Kier molecular flexibility index (Phi) is 1.88. The Morgan fingerprint density at radius 2 is 2.09 bits per heavy atom. The van der Waals surface area contributed by atoms with Gasteiger partial charge in [0.25, 0.3) is 0 Å². The third-order valence-corrected chi connectivity index (χ3v) is 2.43. The van der Waals surface area contributed by atoms with Gasteiger partial charge in [0.1, 0.15) is 12.2 Å². The fraction of sp³-hybridized carbons (Fsp3) is 0.750. The van der Waals surface area contributed by atoms with Crippen molar-refractivity contribution in [3.63, 3.8) is 0 Å². The van der Waals surface area contributed by atoms with Crippen LogP contribution in [0.2, 0.25) is 0 Å². The van der Waals surface area contributed by atoms with Crippen LogP contribution in [-0.2, 0) is 0 Å². The van der Waals surface area contributed by atoms with Gasteiger partial charge in [-0.05, 0) is 12.8 Å². The minimum atomic E-state index is 0.659. The first-order valence-corrected chi connectivity index (χ1v) is 4.32. The van der Waals surface area contributed by atoms with Gasteiger partial charge >= 0.3 is 0 Å². The van der Waals surface area contributed by atoms with E-state index in [9.17, 15) is 0 Å². The molecule has 1 saturated carbocycles. The van der Waals surface area contributed by atoms with E-state index in [0.29, 0.717) is 5.92 Å². The Hall–Kier alpha value is -0.860. The fourth-order valence-electron chi connectivity index (χ4n) is 1.79. The molecule has 0 aromatic carbocycles. The summed E-state index contributed by atoms with van der Waals surface area (Å²) in [7, 11) is 0. The van der Waals surface area contributed by atoms with Crippen LogP contribution in [0.3, 0.4) is 0 Å². The summed E-state index contributed by atoms with van der Waals surface area (Å²) in [6.45, 7) is 0. The molecule has 0 saturated heterocycles. The van der Waals surface area contributed by atoms with Crippen molar-refractivity contribution < 1.29 is 0 Å². The average Bonchev–Trinajstić information content (AvgIpc) is 2.58. The molecule has 1 aliphatic rings. The summed E-state index contributed by atoms with van der Waals surface area (Å²) in [6.07, 6.45) is 8.27. The lowest BCUT2D eigenvalue weighted by Gasteiger charge is -2.18. The second kappa shape index (κ2) is 3.03. The summed E-state index contributed by atoms with van der Waals surface area (Å²) in [5, 5.41) is 6.81. The van der Waals surface area contributed by atoms with Crippen LogP contribution in [-0.4, -0.2) is 15.2 Å². The molecular formula is C8H13N3. The molecule has 3 heteroatoms. The zero-order valence-electron chi connectivity index (χ0n) is 6.58. The molecule has 0 atom stereocenters. The molecule has 60 valence electrons. The molecule has 1 N–H and O–H groups in total. The highest BCUT2D eigenvalue weighted by molar-refractivity contribution is 4.93.